The van der Waals surface area contributed by atoms with Crippen molar-refractivity contribution < 1.29 is 4.52 Å². The molecule has 0 saturated heterocycles. The first-order valence-electron chi connectivity index (χ1n) is 5.83. The van der Waals surface area contributed by atoms with E-state index in [1.54, 1.807) is 11.3 Å². The molecule has 2 N–H and O–H groups in total. The number of hydrogen-bond acceptors (Lipinski definition) is 7. The van der Waals surface area contributed by atoms with Gasteiger partial charge < -0.3 is 10.3 Å². The SMILES string of the molecule is Nc1nc(CCc2nc(Cc3cccs3)no2)cs1. The van der Waals surface area contributed by atoms with Crippen molar-refractivity contribution in [1.82, 2.24) is 15.1 Å². The molecule has 0 fully saturated rings. The van der Waals surface area contributed by atoms with E-state index in [4.69, 9.17) is 10.3 Å². The van der Waals surface area contributed by atoms with E-state index in [1.165, 1.54) is 16.2 Å². The summed E-state index contributed by atoms with van der Waals surface area (Å²) >= 11 is 3.14. The largest absolute Gasteiger partial charge is 0.375 e. The van der Waals surface area contributed by atoms with Crippen LogP contribution in [0.5, 0.6) is 0 Å². The van der Waals surface area contributed by atoms with Crippen LogP contribution < -0.4 is 5.73 Å². The fourth-order valence-electron chi connectivity index (χ4n) is 1.70. The highest BCUT2D eigenvalue weighted by Gasteiger charge is 2.09. The summed E-state index contributed by atoms with van der Waals surface area (Å²) in [6.45, 7) is 0. The molecule has 98 valence electrons. The number of aromatic nitrogens is 3. The molecule has 0 atom stereocenters. The Bertz CT molecular complexity index is 644. The van der Waals surface area contributed by atoms with Crippen molar-refractivity contribution in [3.8, 4) is 0 Å². The lowest BCUT2D eigenvalue weighted by Gasteiger charge is -1.91. The van der Waals surface area contributed by atoms with Crippen LogP contribution in [0.3, 0.4) is 0 Å². The average molecular weight is 292 g/mol. The number of rotatable bonds is 5. The van der Waals surface area contributed by atoms with Crippen LogP contribution in [0.25, 0.3) is 0 Å². The fraction of sp³-hybridized carbons (Fsp3) is 0.250. The molecule has 0 radical (unpaired) electrons. The minimum Gasteiger partial charge on any atom is -0.375 e. The topological polar surface area (TPSA) is 77.8 Å². The molecule has 0 aliphatic heterocycles. The minimum atomic E-state index is 0.596. The number of aryl methyl sites for hydroxylation is 2. The third-order valence-corrected chi connectivity index (χ3v) is 4.19. The smallest absolute Gasteiger partial charge is 0.227 e. The molecule has 0 amide bonds. The molecule has 5 nitrogen and oxygen atoms in total. The molecule has 0 aliphatic carbocycles. The van der Waals surface area contributed by atoms with E-state index in [1.807, 2.05) is 16.8 Å². The number of thiophene rings is 1. The van der Waals surface area contributed by atoms with Crippen molar-refractivity contribution in [1.29, 1.82) is 0 Å². The normalized spacial score (nSPS) is 10.9. The molecule has 3 aromatic rings. The molecule has 0 bridgehead atoms. The van der Waals surface area contributed by atoms with Crippen molar-refractivity contribution in [2.45, 2.75) is 19.3 Å². The number of nitrogens with zero attached hydrogens (tertiary/aromatic N) is 3. The summed E-state index contributed by atoms with van der Waals surface area (Å²) in [6.07, 6.45) is 2.19. The number of anilines is 1. The van der Waals surface area contributed by atoms with Gasteiger partial charge in [0.05, 0.1) is 5.69 Å². The van der Waals surface area contributed by atoms with Crippen molar-refractivity contribution in [3.05, 3.63) is 45.2 Å². The third kappa shape index (κ3) is 3.18. The second kappa shape index (κ2) is 5.50. The minimum absolute atomic E-state index is 0.596. The summed E-state index contributed by atoms with van der Waals surface area (Å²) < 4.78 is 5.23. The number of nitrogen functional groups attached to an aromatic ring is 1. The Labute approximate surface area is 118 Å². The molecule has 0 unspecified atom stereocenters. The number of thiazole rings is 1. The van der Waals surface area contributed by atoms with Gasteiger partial charge in [0.2, 0.25) is 5.89 Å². The van der Waals surface area contributed by atoms with Gasteiger partial charge in [0.1, 0.15) is 0 Å². The first kappa shape index (κ1) is 12.3. The molecule has 0 aliphatic rings. The van der Waals surface area contributed by atoms with E-state index in [9.17, 15) is 0 Å². The van der Waals surface area contributed by atoms with Crippen LogP contribution in [0.4, 0.5) is 5.13 Å². The monoisotopic (exact) mass is 292 g/mol. The van der Waals surface area contributed by atoms with Gasteiger partial charge in [0.25, 0.3) is 0 Å². The van der Waals surface area contributed by atoms with E-state index >= 15 is 0 Å². The van der Waals surface area contributed by atoms with Gasteiger partial charge in [-0.2, -0.15) is 4.98 Å². The van der Waals surface area contributed by atoms with Gasteiger partial charge in [-0.3, -0.25) is 0 Å². The van der Waals surface area contributed by atoms with Gasteiger partial charge >= 0.3 is 0 Å². The lowest BCUT2D eigenvalue weighted by molar-refractivity contribution is 0.373. The maximum Gasteiger partial charge on any atom is 0.227 e. The zero-order chi connectivity index (χ0) is 13.1. The van der Waals surface area contributed by atoms with Crippen molar-refractivity contribution in [2.24, 2.45) is 0 Å². The molecule has 0 spiro atoms. The maximum absolute atomic E-state index is 5.58. The van der Waals surface area contributed by atoms with Gasteiger partial charge in [-0.1, -0.05) is 11.2 Å². The fourth-order valence-corrected chi connectivity index (χ4v) is 3.00. The van der Waals surface area contributed by atoms with Crippen molar-refractivity contribution in [2.75, 3.05) is 5.73 Å². The highest BCUT2D eigenvalue weighted by molar-refractivity contribution is 7.13. The summed E-state index contributed by atoms with van der Waals surface area (Å²) in [5.74, 6) is 1.38. The van der Waals surface area contributed by atoms with Gasteiger partial charge in [0.15, 0.2) is 11.0 Å². The number of hydrogen-bond donors (Lipinski definition) is 1. The predicted molar refractivity (Wildman–Crippen MR) is 75.4 cm³/mol. The first-order chi connectivity index (χ1) is 9.29. The standard InChI is InChI=1S/C12H12N4OS2/c13-12-14-8(7-19-12)3-4-11-15-10(16-17-11)6-9-2-1-5-18-9/h1-2,5,7H,3-4,6H2,(H2,13,14). The van der Waals surface area contributed by atoms with E-state index < -0.39 is 0 Å². The Hall–Kier alpha value is -1.73. The van der Waals surface area contributed by atoms with Crippen LogP contribution in [0, 0.1) is 0 Å². The highest BCUT2D eigenvalue weighted by Crippen LogP contribution is 2.15. The van der Waals surface area contributed by atoms with Gasteiger partial charge in [-0.15, -0.1) is 22.7 Å². The maximum atomic E-state index is 5.58. The van der Waals surface area contributed by atoms with Gasteiger partial charge in [-0.25, -0.2) is 4.98 Å². The summed E-state index contributed by atoms with van der Waals surface area (Å²) in [5.41, 5.74) is 6.56. The van der Waals surface area contributed by atoms with Gasteiger partial charge in [0, 0.05) is 23.1 Å². The Balaban J connectivity index is 1.59. The predicted octanol–water partition coefficient (Wildman–Crippen LogP) is 2.55. The highest BCUT2D eigenvalue weighted by atomic mass is 32.1. The summed E-state index contributed by atoms with van der Waals surface area (Å²) in [7, 11) is 0. The van der Waals surface area contributed by atoms with E-state index in [0.29, 0.717) is 17.4 Å². The zero-order valence-electron chi connectivity index (χ0n) is 10.1. The second-order valence-corrected chi connectivity index (χ2v) is 5.96. The van der Waals surface area contributed by atoms with Gasteiger partial charge in [-0.05, 0) is 17.9 Å². The number of nitrogens with two attached hydrogens (primary N) is 1. The molecular formula is C12H12N4OS2. The Morgan fingerprint density at radius 2 is 2.16 bits per heavy atom. The summed E-state index contributed by atoms with van der Waals surface area (Å²) in [4.78, 5) is 9.82. The molecule has 3 rings (SSSR count). The first-order valence-corrected chi connectivity index (χ1v) is 7.59. The quantitative estimate of drug-likeness (QED) is 0.782. The van der Waals surface area contributed by atoms with Crippen LogP contribution >= 0.6 is 22.7 Å². The van der Waals surface area contributed by atoms with Crippen molar-refractivity contribution >= 4 is 27.8 Å². The van der Waals surface area contributed by atoms with Crippen molar-refractivity contribution in [3.63, 3.8) is 0 Å². The molecule has 3 aromatic heterocycles. The lowest BCUT2D eigenvalue weighted by Crippen LogP contribution is -1.94. The van der Waals surface area contributed by atoms with Crippen LogP contribution in [0.2, 0.25) is 0 Å². The summed E-state index contributed by atoms with van der Waals surface area (Å²) in [6, 6.07) is 4.09. The van der Waals surface area contributed by atoms with E-state index in [0.717, 1.165) is 24.4 Å². The Morgan fingerprint density at radius 1 is 1.21 bits per heavy atom. The van der Waals surface area contributed by atoms with Crippen LogP contribution in [-0.2, 0) is 19.3 Å². The lowest BCUT2D eigenvalue weighted by atomic mass is 10.2. The molecular weight excluding hydrogens is 280 g/mol. The van der Waals surface area contributed by atoms with Crippen LogP contribution in [-0.4, -0.2) is 15.1 Å². The average Bonchev–Trinajstić information content (AvgIpc) is 3.10. The van der Waals surface area contributed by atoms with Crippen LogP contribution in [0.15, 0.2) is 27.4 Å². The molecule has 3 heterocycles. The molecule has 0 aromatic carbocycles. The molecule has 19 heavy (non-hydrogen) atoms. The van der Waals surface area contributed by atoms with E-state index in [-0.39, 0.29) is 0 Å². The Morgan fingerprint density at radius 3 is 2.89 bits per heavy atom. The molecule has 7 heteroatoms. The third-order valence-electron chi connectivity index (χ3n) is 2.59. The van der Waals surface area contributed by atoms with Crippen LogP contribution in [0.1, 0.15) is 22.3 Å². The molecule has 0 saturated carbocycles. The Kier molecular flexibility index (Phi) is 3.56. The zero-order valence-corrected chi connectivity index (χ0v) is 11.7. The summed E-state index contributed by atoms with van der Waals surface area (Å²) in [5, 5.41) is 8.58. The second-order valence-electron chi connectivity index (χ2n) is 4.04. The van der Waals surface area contributed by atoms with E-state index in [2.05, 4.69) is 21.2 Å².